The van der Waals surface area contributed by atoms with Crippen molar-refractivity contribution in [3.05, 3.63) is 35.4 Å². The Hall–Kier alpha value is -2.61. The number of hydrogen-bond donors (Lipinski definition) is 0. The second-order valence-corrected chi connectivity index (χ2v) is 7.87. The van der Waals surface area contributed by atoms with E-state index in [4.69, 9.17) is 19.1 Å². The van der Waals surface area contributed by atoms with Gasteiger partial charge in [0.1, 0.15) is 5.82 Å². The third-order valence-electron chi connectivity index (χ3n) is 6.00. The fourth-order valence-corrected chi connectivity index (χ4v) is 4.39. The number of piperidine rings is 1. The van der Waals surface area contributed by atoms with E-state index in [9.17, 15) is 4.79 Å². The molecule has 8 nitrogen and oxygen atoms in total. The topological polar surface area (TPSA) is 74.9 Å². The zero-order chi connectivity index (χ0) is 19.6. The first-order valence-electron chi connectivity index (χ1n) is 10.6. The number of hydrogen-bond acceptors (Lipinski definition) is 7. The highest BCUT2D eigenvalue weighted by molar-refractivity contribution is 5.91. The summed E-state index contributed by atoms with van der Waals surface area (Å²) < 4.78 is 10.9. The predicted octanol–water partition coefficient (Wildman–Crippen LogP) is 2.09. The monoisotopic (exact) mass is 397 g/mol. The molecule has 0 atom stereocenters. The van der Waals surface area contributed by atoms with Gasteiger partial charge in [0.2, 0.25) is 5.95 Å². The fraction of sp³-hybridized carbons (Fsp3) is 0.571. The van der Waals surface area contributed by atoms with Crippen molar-refractivity contribution in [3.8, 4) is 0 Å². The summed E-state index contributed by atoms with van der Waals surface area (Å²) in [5.41, 5.74) is 2.14. The molecule has 29 heavy (non-hydrogen) atoms. The van der Waals surface area contributed by atoms with Crippen LogP contribution < -0.4 is 9.80 Å². The van der Waals surface area contributed by atoms with Crippen molar-refractivity contribution in [1.29, 1.82) is 0 Å². The lowest BCUT2D eigenvalue weighted by Crippen LogP contribution is -2.42. The van der Waals surface area contributed by atoms with E-state index in [0.717, 1.165) is 55.6 Å². The van der Waals surface area contributed by atoms with Crippen LogP contribution >= 0.6 is 0 Å². The summed E-state index contributed by atoms with van der Waals surface area (Å²) in [6, 6.07) is 3.47. The Bertz CT molecular complexity index is 857. The van der Waals surface area contributed by atoms with Crippen LogP contribution in [0, 0.1) is 0 Å². The first kappa shape index (κ1) is 18.4. The van der Waals surface area contributed by atoms with E-state index in [1.54, 1.807) is 12.1 Å². The summed E-state index contributed by atoms with van der Waals surface area (Å²) in [5, 5.41) is 0. The van der Waals surface area contributed by atoms with Crippen LogP contribution in [0.2, 0.25) is 0 Å². The Kier molecular flexibility index (Phi) is 5.10. The maximum Gasteiger partial charge on any atom is 0.289 e. The standard InChI is InChI=1S/C21H27N5O3/c27-20(18-5-4-12-29-18)26-9-6-17-16(15-26)19(24-10-13-28-14-11-24)23-21(22-17)25-7-2-1-3-8-25/h4-5,12H,1-3,6-11,13-15H2. The minimum Gasteiger partial charge on any atom is -0.459 e. The Morgan fingerprint density at radius 2 is 1.79 bits per heavy atom. The largest absolute Gasteiger partial charge is 0.459 e. The highest BCUT2D eigenvalue weighted by Gasteiger charge is 2.30. The van der Waals surface area contributed by atoms with Crippen LogP contribution in [-0.2, 0) is 17.7 Å². The number of carbonyl (C=O) groups excluding carboxylic acids is 1. The first-order chi connectivity index (χ1) is 14.3. The Balaban J connectivity index is 1.48. The van der Waals surface area contributed by atoms with Gasteiger partial charge in [0.15, 0.2) is 5.76 Å². The zero-order valence-corrected chi connectivity index (χ0v) is 16.7. The second kappa shape index (κ2) is 8.02. The van der Waals surface area contributed by atoms with Gasteiger partial charge in [-0.05, 0) is 31.4 Å². The van der Waals surface area contributed by atoms with Crippen LogP contribution in [0.4, 0.5) is 11.8 Å². The predicted molar refractivity (Wildman–Crippen MR) is 108 cm³/mol. The summed E-state index contributed by atoms with van der Waals surface area (Å²) >= 11 is 0. The third kappa shape index (κ3) is 3.69. The molecule has 2 saturated heterocycles. The van der Waals surface area contributed by atoms with Gasteiger partial charge in [0, 0.05) is 44.7 Å². The van der Waals surface area contributed by atoms with Gasteiger partial charge >= 0.3 is 0 Å². The molecule has 0 bridgehead atoms. The molecule has 8 heteroatoms. The molecule has 154 valence electrons. The quantitative estimate of drug-likeness (QED) is 0.785. The van der Waals surface area contributed by atoms with Crippen LogP contribution in [0.1, 0.15) is 41.1 Å². The van der Waals surface area contributed by atoms with E-state index >= 15 is 0 Å². The molecule has 1 amide bonds. The summed E-state index contributed by atoms with van der Waals surface area (Å²) in [6.07, 6.45) is 5.94. The van der Waals surface area contributed by atoms with Crippen molar-refractivity contribution in [2.75, 3.05) is 55.7 Å². The number of aromatic nitrogens is 2. The van der Waals surface area contributed by atoms with Crippen LogP contribution in [0.3, 0.4) is 0 Å². The molecule has 5 rings (SSSR count). The zero-order valence-electron chi connectivity index (χ0n) is 16.7. The summed E-state index contributed by atoms with van der Waals surface area (Å²) in [7, 11) is 0. The molecule has 0 unspecified atom stereocenters. The molecule has 0 saturated carbocycles. The highest BCUT2D eigenvalue weighted by atomic mass is 16.5. The Morgan fingerprint density at radius 1 is 0.966 bits per heavy atom. The molecule has 2 aromatic rings. The minimum atomic E-state index is -0.0753. The average Bonchev–Trinajstić information content (AvgIpc) is 3.34. The summed E-state index contributed by atoms with van der Waals surface area (Å²) in [5.74, 6) is 2.12. The van der Waals surface area contributed by atoms with Gasteiger partial charge in [-0.2, -0.15) is 4.98 Å². The van der Waals surface area contributed by atoms with E-state index < -0.39 is 0 Å². The second-order valence-electron chi connectivity index (χ2n) is 7.87. The van der Waals surface area contributed by atoms with Crippen molar-refractivity contribution < 1.29 is 13.9 Å². The number of furan rings is 1. The highest BCUT2D eigenvalue weighted by Crippen LogP contribution is 2.31. The first-order valence-corrected chi connectivity index (χ1v) is 10.6. The lowest BCUT2D eigenvalue weighted by molar-refractivity contribution is 0.0700. The van der Waals surface area contributed by atoms with Gasteiger partial charge < -0.3 is 23.9 Å². The molecule has 2 aromatic heterocycles. The van der Waals surface area contributed by atoms with Gasteiger partial charge in [0.05, 0.1) is 31.7 Å². The van der Waals surface area contributed by atoms with Crippen molar-refractivity contribution in [2.24, 2.45) is 0 Å². The molecule has 0 aliphatic carbocycles. The number of carbonyl (C=O) groups is 1. The van der Waals surface area contributed by atoms with Crippen LogP contribution in [0.15, 0.2) is 22.8 Å². The number of nitrogens with zero attached hydrogens (tertiary/aromatic N) is 5. The van der Waals surface area contributed by atoms with E-state index in [0.29, 0.717) is 32.1 Å². The van der Waals surface area contributed by atoms with Crippen LogP contribution in [0.5, 0.6) is 0 Å². The molecule has 0 N–H and O–H groups in total. The van der Waals surface area contributed by atoms with Crippen molar-refractivity contribution in [2.45, 2.75) is 32.2 Å². The van der Waals surface area contributed by atoms with Crippen molar-refractivity contribution in [1.82, 2.24) is 14.9 Å². The van der Waals surface area contributed by atoms with Gasteiger partial charge in [-0.25, -0.2) is 4.98 Å². The lowest BCUT2D eigenvalue weighted by Gasteiger charge is -2.36. The van der Waals surface area contributed by atoms with Crippen molar-refractivity contribution >= 4 is 17.7 Å². The number of anilines is 2. The van der Waals surface area contributed by atoms with E-state index in [1.807, 2.05) is 4.90 Å². The lowest BCUT2D eigenvalue weighted by atomic mass is 10.0. The molecule has 0 aromatic carbocycles. The number of fused-ring (bicyclic) bond motifs is 1. The van der Waals surface area contributed by atoms with Gasteiger partial charge in [-0.1, -0.05) is 0 Å². The number of amides is 1. The normalized spacial score (nSPS) is 19.9. The number of rotatable bonds is 3. The maximum atomic E-state index is 12.8. The molecule has 0 radical (unpaired) electrons. The Morgan fingerprint density at radius 3 is 2.55 bits per heavy atom. The van der Waals surface area contributed by atoms with E-state index in [1.165, 1.54) is 25.5 Å². The molecule has 2 fully saturated rings. The molecule has 0 spiro atoms. The minimum absolute atomic E-state index is 0.0753. The molecular formula is C21H27N5O3. The third-order valence-corrected chi connectivity index (χ3v) is 6.00. The summed E-state index contributed by atoms with van der Waals surface area (Å²) in [4.78, 5) is 29.2. The maximum absolute atomic E-state index is 12.8. The number of morpholine rings is 1. The molecule has 3 aliphatic rings. The Labute approximate surface area is 170 Å². The van der Waals surface area contributed by atoms with Gasteiger partial charge in [-0.15, -0.1) is 0 Å². The van der Waals surface area contributed by atoms with Crippen LogP contribution in [0.25, 0.3) is 0 Å². The van der Waals surface area contributed by atoms with Crippen LogP contribution in [-0.4, -0.2) is 66.7 Å². The van der Waals surface area contributed by atoms with Gasteiger partial charge in [-0.3, -0.25) is 4.79 Å². The molecule has 5 heterocycles. The van der Waals surface area contributed by atoms with Crippen molar-refractivity contribution in [3.63, 3.8) is 0 Å². The van der Waals surface area contributed by atoms with Gasteiger partial charge in [0.25, 0.3) is 5.91 Å². The average molecular weight is 397 g/mol. The number of ether oxygens (including phenoxy) is 1. The van der Waals surface area contributed by atoms with E-state index in [2.05, 4.69) is 9.80 Å². The van der Waals surface area contributed by atoms with E-state index in [-0.39, 0.29) is 5.91 Å². The fourth-order valence-electron chi connectivity index (χ4n) is 4.39. The SMILES string of the molecule is O=C(c1ccco1)N1CCc2nc(N3CCCCC3)nc(N3CCOCC3)c2C1. The molecule has 3 aliphatic heterocycles. The smallest absolute Gasteiger partial charge is 0.289 e. The molecular weight excluding hydrogens is 370 g/mol. The summed E-state index contributed by atoms with van der Waals surface area (Å²) in [6.45, 7) is 6.23.